The van der Waals surface area contributed by atoms with Gasteiger partial charge in [-0.1, -0.05) is 36.9 Å². The third-order valence-corrected chi connectivity index (χ3v) is 1.81. The summed E-state index contributed by atoms with van der Waals surface area (Å²) in [5.74, 6) is -0.321. The van der Waals surface area contributed by atoms with Crippen molar-refractivity contribution in [2.75, 3.05) is 0 Å². The minimum absolute atomic E-state index is 0.321. The molecule has 0 atom stereocenters. The van der Waals surface area contributed by atoms with Crippen molar-refractivity contribution >= 4 is 5.97 Å². The second-order valence-corrected chi connectivity index (χ2v) is 3.23. The highest BCUT2D eigenvalue weighted by atomic mass is 16.5. The minimum Gasteiger partial charge on any atom is -0.435 e. The zero-order valence-corrected chi connectivity index (χ0v) is 8.77. The number of carbonyl (C=O) groups is 1. The fourth-order valence-corrected chi connectivity index (χ4v) is 1.14. The number of rotatable bonds is 4. The Bertz CT molecular complexity index is 363. The molecular formula is C13H14O2. The lowest BCUT2D eigenvalue weighted by Crippen LogP contribution is -1.91. The highest BCUT2D eigenvalue weighted by Gasteiger charge is 1.93. The summed E-state index contributed by atoms with van der Waals surface area (Å²) in [5.41, 5.74) is 2.09. The number of carbonyl (C=O) groups excluding carboxylic acids is 1. The maximum atomic E-state index is 10.5. The predicted molar refractivity (Wildman–Crippen MR) is 60.2 cm³/mol. The van der Waals surface area contributed by atoms with E-state index in [9.17, 15) is 4.79 Å². The van der Waals surface area contributed by atoms with E-state index in [1.165, 1.54) is 18.7 Å². The van der Waals surface area contributed by atoms with Crippen LogP contribution in [0.2, 0.25) is 0 Å². The first-order chi connectivity index (χ1) is 7.18. The maximum Gasteiger partial charge on any atom is 0.307 e. The Kier molecular flexibility index (Phi) is 4.35. The van der Waals surface area contributed by atoms with Crippen molar-refractivity contribution in [2.45, 2.75) is 13.3 Å². The van der Waals surface area contributed by atoms with Gasteiger partial charge in [-0.15, -0.1) is 0 Å². The van der Waals surface area contributed by atoms with E-state index in [4.69, 9.17) is 0 Å². The number of allylic oxidation sites excluding steroid dienone is 2. The molecule has 0 saturated carbocycles. The lowest BCUT2D eigenvalue weighted by atomic mass is 10.1. The van der Waals surface area contributed by atoms with Crippen molar-refractivity contribution in [1.82, 2.24) is 0 Å². The van der Waals surface area contributed by atoms with Gasteiger partial charge in [0.1, 0.15) is 0 Å². The van der Waals surface area contributed by atoms with E-state index in [0.717, 1.165) is 12.0 Å². The molecule has 0 radical (unpaired) electrons. The van der Waals surface area contributed by atoms with Crippen molar-refractivity contribution in [1.29, 1.82) is 0 Å². The number of hydrogen-bond acceptors (Lipinski definition) is 2. The Hall–Kier alpha value is -1.83. The first-order valence-corrected chi connectivity index (χ1v) is 4.74. The molecular weight excluding hydrogens is 188 g/mol. The van der Waals surface area contributed by atoms with E-state index in [0.29, 0.717) is 0 Å². The molecule has 1 aromatic carbocycles. The van der Waals surface area contributed by atoms with Gasteiger partial charge in [0, 0.05) is 6.92 Å². The zero-order valence-electron chi connectivity index (χ0n) is 8.77. The Morgan fingerprint density at radius 2 is 2.07 bits per heavy atom. The summed E-state index contributed by atoms with van der Waals surface area (Å²) < 4.78 is 4.67. The monoisotopic (exact) mass is 202 g/mol. The number of benzene rings is 1. The smallest absolute Gasteiger partial charge is 0.307 e. The van der Waals surface area contributed by atoms with Gasteiger partial charge in [0.15, 0.2) is 0 Å². The van der Waals surface area contributed by atoms with Crippen molar-refractivity contribution < 1.29 is 9.53 Å². The first kappa shape index (κ1) is 11.2. The van der Waals surface area contributed by atoms with Gasteiger partial charge in [0.25, 0.3) is 0 Å². The normalized spacial score (nSPS) is 10.2. The number of ether oxygens (including phenoxy) is 1. The van der Waals surface area contributed by atoms with Crippen LogP contribution in [0.1, 0.15) is 12.5 Å². The SMILES string of the molecule is C=C(C=COC(C)=O)Cc1ccccc1. The van der Waals surface area contributed by atoms with Crippen molar-refractivity contribution in [3.63, 3.8) is 0 Å². The summed E-state index contributed by atoms with van der Waals surface area (Å²) >= 11 is 0. The van der Waals surface area contributed by atoms with E-state index >= 15 is 0 Å². The molecule has 1 rings (SSSR count). The van der Waals surface area contributed by atoms with Gasteiger partial charge in [-0.25, -0.2) is 0 Å². The number of esters is 1. The summed E-state index contributed by atoms with van der Waals surface area (Å²) in [4.78, 5) is 10.5. The third-order valence-electron chi connectivity index (χ3n) is 1.81. The summed E-state index contributed by atoms with van der Waals surface area (Å²) in [6.45, 7) is 5.23. The van der Waals surface area contributed by atoms with Crippen molar-refractivity contribution in [2.24, 2.45) is 0 Å². The molecule has 15 heavy (non-hydrogen) atoms. The van der Waals surface area contributed by atoms with Crippen molar-refractivity contribution in [3.8, 4) is 0 Å². The van der Waals surface area contributed by atoms with Crippen LogP contribution in [0, 0.1) is 0 Å². The molecule has 2 heteroatoms. The third kappa shape index (κ3) is 4.81. The molecule has 1 aromatic rings. The summed E-state index contributed by atoms with van der Waals surface area (Å²) in [6, 6.07) is 10.0. The summed E-state index contributed by atoms with van der Waals surface area (Å²) in [5, 5.41) is 0. The first-order valence-electron chi connectivity index (χ1n) is 4.74. The van der Waals surface area contributed by atoms with Gasteiger partial charge in [-0.3, -0.25) is 4.79 Å². The minimum atomic E-state index is -0.321. The lowest BCUT2D eigenvalue weighted by molar-refractivity contribution is -0.135. The molecule has 0 saturated heterocycles. The maximum absolute atomic E-state index is 10.5. The van der Waals surface area contributed by atoms with E-state index in [-0.39, 0.29) is 5.97 Å². The molecule has 0 aromatic heterocycles. The average molecular weight is 202 g/mol. The highest BCUT2D eigenvalue weighted by molar-refractivity contribution is 5.66. The second kappa shape index (κ2) is 5.81. The quantitative estimate of drug-likeness (QED) is 0.426. The van der Waals surface area contributed by atoms with Crippen LogP contribution >= 0.6 is 0 Å². The predicted octanol–water partition coefficient (Wildman–Crippen LogP) is 2.86. The Balaban J connectivity index is 2.43. The Morgan fingerprint density at radius 3 is 2.67 bits per heavy atom. The summed E-state index contributed by atoms with van der Waals surface area (Å²) in [6.07, 6.45) is 3.83. The largest absolute Gasteiger partial charge is 0.435 e. The molecule has 0 aliphatic carbocycles. The van der Waals surface area contributed by atoms with Crippen LogP contribution in [-0.4, -0.2) is 5.97 Å². The van der Waals surface area contributed by atoms with Crippen LogP contribution in [0.3, 0.4) is 0 Å². The standard InChI is InChI=1S/C13H14O2/c1-11(8-9-15-12(2)14)10-13-6-4-3-5-7-13/h3-9H,1,10H2,2H3. The van der Waals surface area contributed by atoms with Crippen molar-refractivity contribution in [3.05, 3.63) is 60.4 Å². The topological polar surface area (TPSA) is 26.3 Å². The molecule has 78 valence electrons. The average Bonchev–Trinajstić information content (AvgIpc) is 2.18. The van der Waals surface area contributed by atoms with E-state index in [1.807, 2.05) is 30.3 Å². The molecule has 0 N–H and O–H groups in total. The fourth-order valence-electron chi connectivity index (χ4n) is 1.14. The molecule has 0 fully saturated rings. The number of hydrogen-bond donors (Lipinski definition) is 0. The van der Waals surface area contributed by atoms with Crippen LogP contribution < -0.4 is 0 Å². The molecule has 0 unspecified atom stereocenters. The zero-order chi connectivity index (χ0) is 11.1. The second-order valence-electron chi connectivity index (χ2n) is 3.23. The van der Waals surface area contributed by atoms with Gasteiger partial charge < -0.3 is 4.74 Å². The lowest BCUT2D eigenvalue weighted by Gasteiger charge is -2.00. The summed E-state index contributed by atoms with van der Waals surface area (Å²) in [7, 11) is 0. The van der Waals surface area contributed by atoms with Crippen LogP contribution in [0.4, 0.5) is 0 Å². The van der Waals surface area contributed by atoms with E-state index in [2.05, 4.69) is 11.3 Å². The molecule has 0 heterocycles. The van der Waals surface area contributed by atoms with E-state index < -0.39 is 0 Å². The molecule has 2 nitrogen and oxygen atoms in total. The van der Waals surface area contributed by atoms with E-state index in [1.54, 1.807) is 6.08 Å². The Labute approximate surface area is 89.9 Å². The van der Waals surface area contributed by atoms with Gasteiger partial charge in [-0.2, -0.15) is 0 Å². The fraction of sp³-hybridized carbons (Fsp3) is 0.154. The Morgan fingerprint density at radius 1 is 1.40 bits per heavy atom. The van der Waals surface area contributed by atoms with Crippen LogP contribution in [-0.2, 0) is 16.0 Å². The molecule has 0 amide bonds. The molecule has 0 aliphatic heterocycles. The molecule has 0 spiro atoms. The van der Waals surface area contributed by atoms with Gasteiger partial charge in [0.05, 0.1) is 6.26 Å². The molecule has 0 bridgehead atoms. The molecule has 0 aliphatic rings. The highest BCUT2D eigenvalue weighted by Crippen LogP contribution is 2.06. The van der Waals surface area contributed by atoms with Gasteiger partial charge >= 0.3 is 5.97 Å². The van der Waals surface area contributed by atoms with Crippen LogP contribution in [0.25, 0.3) is 0 Å². The van der Waals surface area contributed by atoms with Crippen LogP contribution in [0.15, 0.2) is 54.8 Å². The van der Waals surface area contributed by atoms with Gasteiger partial charge in [0.2, 0.25) is 0 Å². The van der Waals surface area contributed by atoms with Gasteiger partial charge in [-0.05, 0) is 23.6 Å². The van der Waals surface area contributed by atoms with Crippen LogP contribution in [0.5, 0.6) is 0 Å².